The van der Waals surface area contributed by atoms with Crippen LogP contribution in [0.25, 0.3) is 5.69 Å². The number of guanidine groups is 1. The van der Waals surface area contributed by atoms with Crippen molar-refractivity contribution < 1.29 is 9.50 Å². The van der Waals surface area contributed by atoms with Crippen LogP contribution >= 0.6 is 0 Å². The fourth-order valence-corrected chi connectivity index (χ4v) is 3.08. The standard InChI is InChI=1S/C22H26FN5O/c1-4-24-22(25-13-17-9-10-21(29)19(23)12-17)26-14-18-7-5-6-8-20(18)28-16(3)11-15(2)27-28/h5-12,29H,4,13-14H2,1-3H3,(H2,24,25,26). The van der Waals surface area contributed by atoms with Crippen LogP contribution in [0.3, 0.4) is 0 Å². The van der Waals surface area contributed by atoms with Crippen molar-refractivity contribution in [3.8, 4) is 11.4 Å². The first kappa shape index (κ1) is 20.4. The smallest absolute Gasteiger partial charge is 0.191 e. The van der Waals surface area contributed by atoms with Gasteiger partial charge in [0.25, 0.3) is 0 Å². The molecule has 0 radical (unpaired) electrons. The molecule has 7 heteroatoms. The largest absolute Gasteiger partial charge is 0.505 e. The van der Waals surface area contributed by atoms with Crippen molar-refractivity contribution in [2.24, 2.45) is 4.99 Å². The number of aryl methyl sites for hydroxylation is 2. The van der Waals surface area contributed by atoms with E-state index in [2.05, 4.69) is 26.8 Å². The maximum Gasteiger partial charge on any atom is 0.191 e. The Hall–Kier alpha value is -3.35. The summed E-state index contributed by atoms with van der Waals surface area (Å²) in [6.45, 7) is 7.56. The van der Waals surface area contributed by atoms with Crippen LogP contribution in [0.5, 0.6) is 5.75 Å². The highest BCUT2D eigenvalue weighted by molar-refractivity contribution is 5.79. The van der Waals surface area contributed by atoms with Crippen LogP contribution in [0, 0.1) is 19.7 Å². The van der Waals surface area contributed by atoms with Gasteiger partial charge in [0.1, 0.15) is 0 Å². The van der Waals surface area contributed by atoms with E-state index in [1.807, 2.05) is 49.7 Å². The molecule has 0 unspecified atom stereocenters. The van der Waals surface area contributed by atoms with Gasteiger partial charge < -0.3 is 15.7 Å². The molecule has 0 atom stereocenters. The molecule has 0 aliphatic carbocycles. The van der Waals surface area contributed by atoms with Crippen molar-refractivity contribution in [1.29, 1.82) is 0 Å². The van der Waals surface area contributed by atoms with Gasteiger partial charge in [-0.05, 0) is 56.2 Å². The Morgan fingerprint density at radius 2 is 1.93 bits per heavy atom. The molecule has 3 N–H and O–H groups in total. The Morgan fingerprint density at radius 3 is 2.62 bits per heavy atom. The highest BCUT2D eigenvalue weighted by Crippen LogP contribution is 2.18. The van der Waals surface area contributed by atoms with E-state index >= 15 is 0 Å². The number of hydrogen-bond acceptors (Lipinski definition) is 3. The number of hydrogen-bond donors (Lipinski definition) is 3. The van der Waals surface area contributed by atoms with E-state index in [9.17, 15) is 9.50 Å². The Labute approximate surface area is 170 Å². The molecule has 1 heterocycles. The summed E-state index contributed by atoms with van der Waals surface area (Å²) in [5.74, 6) is -0.373. The van der Waals surface area contributed by atoms with E-state index in [1.54, 1.807) is 6.07 Å². The number of rotatable bonds is 6. The Morgan fingerprint density at radius 1 is 1.14 bits per heavy atom. The third-order valence-corrected chi connectivity index (χ3v) is 4.45. The van der Waals surface area contributed by atoms with Crippen LogP contribution < -0.4 is 10.6 Å². The van der Waals surface area contributed by atoms with Gasteiger partial charge in [-0.25, -0.2) is 14.1 Å². The molecule has 3 rings (SSSR count). The summed E-state index contributed by atoms with van der Waals surface area (Å²) >= 11 is 0. The lowest BCUT2D eigenvalue weighted by molar-refractivity contribution is 0.432. The monoisotopic (exact) mass is 395 g/mol. The fraction of sp³-hybridized carbons (Fsp3) is 0.273. The minimum Gasteiger partial charge on any atom is -0.505 e. The summed E-state index contributed by atoms with van der Waals surface area (Å²) in [4.78, 5) is 4.52. The summed E-state index contributed by atoms with van der Waals surface area (Å²) in [6.07, 6.45) is 0. The third kappa shape index (κ3) is 5.13. The van der Waals surface area contributed by atoms with Crippen molar-refractivity contribution in [3.63, 3.8) is 0 Å². The first-order valence-electron chi connectivity index (χ1n) is 9.59. The lowest BCUT2D eigenvalue weighted by atomic mass is 10.1. The predicted molar refractivity (Wildman–Crippen MR) is 113 cm³/mol. The second-order valence-electron chi connectivity index (χ2n) is 6.80. The molecular weight excluding hydrogens is 369 g/mol. The van der Waals surface area contributed by atoms with Gasteiger partial charge in [0.2, 0.25) is 0 Å². The molecule has 3 aromatic rings. The second-order valence-corrected chi connectivity index (χ2v) is 6.80. The van der Waals surface area contributed by atoms with E-state index in [0.717, 1.165) is 22.6 Å². The van der Waals surface area contributed by atoms with Crippen molar-refractivity contribution in [1.82, 2.24) is 20.4 Å². The molecule has 6 nitrogen and oxygen atoms in total. The molecule has 0 fully saturated rings. The Bertz CT molecular complexity index is 1010. The third-order valence-electron chi connectivity index (χ3n) is 4.45. The molecule has 2 aromatic carbocycles. The lowest BCUT2D eigenvalue weighted by Crippen LogP contribution is -2.37. The first-order valence-corrected chi connectivity index (χ1v) is 9.59. The van der Waals surface area contributed by atoms with E-state index < -0.39 is 5.82 Å². The number of para-hydroxylation sites is 1. The maximum absolute atomic E-state index is 13.5. The summed E-state index contributed by atoms with van der Waals surface area (Å²) in [6, 6.07) is 14.4. The normalized spacial score (nSPS) is 11.5. The van der Waals surface area contributed by atoms with Crippen molar-refractivity contribution in [2.75, 3.05) is 6.54 Å². The van der Waals surface area contributed by atoms with Crippen molar-refractivity contribution in [2.45, 2.75) is 33.9 Å². The topological polar surface area (TPSA) is 74.5 Å². The van der Waals surface area contributed by atoms with E-state index in [1.165, 1.54) is 12.1 Å². The molecule has 29 heavy (non-hydrogen) atoms. The zero-order valence-corrected chi connectivity index (χ0v) is 16.9. The van der Waals surface area contributed by atoms with Gasteiger partial charge in [-0.2, -0.15) is 5.10 Å². The SMILES string of the molecule is CCNC(=NCc1ccc(O)c(F)c1)NCc1ccccc1-n1nc(C)cc1C. The highest BCUT2D eigenvalue weighted by Gasteiger charge is 2.09. The van der Waals surface area contributed by atoms with Crippen LogP contribution in [0.2, 0.25) is 0 Å². The number of aromatic nitrogens is 2. The molecule has 0 amide bonds. The number of aliphatic imine (C=N–C) groups is 1. The van der Waals surface area contributed by atoms with Gasteiger partial charge in [0.15, 0.2) is 17.5 Å². The Kier molecular flexibility index (Phi) is 6.49. The van der Waals surface area contributed by atoms with Gasteiger partial charge in [0.05, 0.1) is 17.9 Å². The number of phenolic OH excluding ortho intramolecular Hbond substituents is 1. The van der Waals surface area contributed by atoms with E-state index in [0.29, 0.717) is 31.2 Å². The number of nitrogens with one attached hydrogen (secondary N) is 2. The summed E-state index contributed by atoms with van der Waals surface area (Å²) in [7, 11) is 0. The number of nitrogens with zero attached hydrogens (tertiary/aromatic N) is 3. The second kappa shape index (κ2) is 9.23. The van der Waals surface area contributed by atoms with Crippen LogP contribution in [-0.4, -0.2) is 27.4 Å². The molecule has 0 aliphatic heterocycles. The van der Waals surface area contributed by atoms with Gasteiger partial charge in [-0.3, -0.25) is 0 Å². The maximum atomic E-state index is 13.5. The molecule has 152 valence electrons. The molecule has 0 spiro atoms. The Balaban J connectivity index is 1.75. The quantitative estimate of drug-likeness (QED) is 0.440. The summed E-state index contributed by atoms with van der Waals surface area (Å²) < 4.78 is 15.5. The molecule has 0 bridgehead atoms. The number of aromatic hydroxyl groups is 1. The molecule has 0 saturated carbocycles. The van der Waals surface area contributed by atoms with E-state index in [-0.39, 0.29) is 5.75 Å². The predicted octanol–water partition coefficient (Wildman–Crippen LogP) is 3.59. The summed E-state index contributed by atoms with van der Waals surface area (Å²) in [5, 5.41) is 20.4. The highest BCUT2D eigenvalue weighted by atomic mass is 19.1. The van der Waals surface area contributed by atoms with Gasteiger partial charge >= 0.3 is 0 Å². The average molecular weight is 395 g/mol. The van der Waals surface area contributed by atoms with Crippen LogP contribution in [0.1, 0.15) is 29.4 Å². The zero-order valence-electron chi connectivity index (χ0n) is 16.9. The molecule has 1 aromatic heterocycles. The minimum absolute atomic E-state index is 0.297. The molecule has 0 saturated heterocycles. The zero-order chi connectivity index (χ0) is 20.8. The average Bonchev–Trinajstić information content (AvgIpc) is 3.04. The van der Waals surface area contributed by atoms with Gasteiger partial charge in [-0.15, -0.1) is 0 Å². The van der Waals surface area contributed by atoms with Crippen LogP contribution in [-0.2, 0) is 13.1 Å². The van der Waals surface area contributed by atoms with Crippen LogP contribution in [0.15, 0.2) is 53.5 Å². The molecule has 0 aliphatic rings. The van der Waals surface area contributed by atoms with Gasteiger partial charge in [0, 0.05) is 18.8 Å². The summed E-state index contributed by atoms with van der Waals surface area (Å²) in [5.41, 5.74) is 4.83. The van der Waals surface area contributed by atoms with Crippen molar-refractivity contribution >= 4 is 5.96 Å². The fourth-order valence-electron chi connectivity index (χ4n) is 3.08. The van der Waals surface area contributed by atoms with Gasteiger partial charge in [-0.1, -0.05) is 24.3 Å². The first-order chi connectivity index (χ1) is 14.0. The van der Waals surface area contributed by atoms with Crippen molar-refractivity contribution in [3.05, 3.63) is 76.9 Å². The molecular formula is C22H26FN5O. The minimum atomic E-state index is -0.644. The van der Waals surface area contributed by atoms with E-state index in [4.69, 9.17) is 0 Å². The number of benzene rings is 2. The number of halogens is 1. The van der Waals surface area contributed by atoms with Crippen LogP contribution in [0.4, 0.5) is 4.39 Å². The lowest BCUT2D eigenvalue weighted by Gasteiger charge is -2.15. The number of phenols is 1.